The Morgan fingerprint density at radius 2 is 1.79 bits per heavy atom. The fourth-order valence-electron chi connectivity index (χ4n) is 4.34. The molecule has 1 aliphatic rings. The summed E-state index contributed by atoms with van der Waals surface area (Å²) < 4.78 is 5.27. The average Bonchev–Trinajstić information content (AvgIpc) is 2.88. The second kappa shape index (κ2) is 11.1. The Morgan fingerprint density at radius 3 is 2.44 bits per heavy atom. The van der Waals surface area contributed by atoms with E-state index in [2.05, 4.69) is 59.4 Å². The van der Waals surface area contributed by atoms with Crippen LogP contribution < -0.4 is 15.0 Å². The fraction of sp³-hybridized carbons (Fsp3) is 0.393. The largest absolute Gasteiger partial charge is 0.497 e. The van der Waals surface area contributed by atoms with Crippen LogP contribution >= 0.6 is 0 Å². The molecule has 178 valence electrons. The number of carbonyl (C=O) groups excluding carboxylic acids is 1. The van der Waals surface area contributed by atoms with E-state index >= 15 is 0 Å². The van der Waals surface area contributed by atoms with Crippen LogP contribution in [0.15, 0.2) is 60.8 Å². The number of aromatic nitrogens is 2. The molecule has 1 saturated heterocycles. The third-order valence-corrected chi connectivity index (χ3v) is 6.31. The first-order chi connectivity index (χ1) is 16.5. The number of rotatable bonds is 8. The summed E-state index contributed by atoms with van der Waals surface area (Å²) in [4.78, 5) is 24.7. The van der Waals surface area contributed by atoms with Gasteiger partial charge in [-0.2, -0.15) is 0 Å². The van der Waals surface area contributed by atoms with E-state index in [9.17, 15) is 4.79 Å². The summed E-state index contributed by atoms with van der Waals surface area (Å²) in [5.41, 5.74) is 2.83. The van der Waals surface area contributed by atoms with Gasteiger partial charge in [0, 0.05) is 31.4 Å². The first-order valence-electron chi connectivity index (χ1n) is 12.1. The molecule has 0 radical (unpaired) electrons. The molecule has 4 rings (SSSR count). The Hall–Kier alpha value is -3.41. The van der Waals surface area contributed by atoms with Crippen LogP contribution in [-0.2, 0) is 6.42 Å². The van der Waals surface area contributed by atoms with Gasteiger partial charge in [0.25, 0.3) is 5.91 Å². The molecule has 6 heteroatoms. The highest BCUT2D eigenvalue weighted by molar-refractivity contribution is 5.99. The number of nitrogens with one attached hydrogen (secondary N) is 1. The van der Waals surface area contributed by atoms with Gasteiger partial charge in [-0.05, 0) is 60.9 Å². The van der Waals surface area contributed by atoms with E-state index in [1.807, 2.05) is 24.3 Å². The van der Waals surface area contributed by atoms with Gasteiger partial charge in [0.15, 0.2) is 5.82 Å². The maximum atomic E-state index is 13.0. The molecule has 1 fully saturated rings. The molecule has 2 aromatic carbocycles. The molecule has 1 amide bonds. The number of hydrogen-bond donors (Lipinski definition) is 1. The first-order valence-corrected chi connectivity index (χ1v) is 12.1. The first kappa shape index (κ1) is 23.7. The van der Waals surface area contributed by atoms with Gasteiger partial charge in [-0.1, -0.05) is 44.2 Å². The number of anilines is 1. The third-order valence-electron chi connectivity index (χ3n) is 6.31. The number of amides is 1. The molecule has 2 heterocycles. The van der Waals surface area contributed by atoms with Crippen LogP contribution in [0, 0.1) is 11.8 Å². The molecule has 1 aliphatic heterocycles. The Bertz CT molecular complexity index is 1080. The average molecular weight is 459 g/mol. The molecule has 34 heavy (non-hydrogen) atoms. The van der Waals surface area contributed by atoms with Crippen LogP contribution in [0.2, 0.25) is 0 Å². The topological polar surface area (TPSA) is 67.3 Å². The highest BCUT2D eigenvalue weighted by Crippen LogP contribution is 2.29. The van der Waals surface area contributed by atoms with Gasteiger partial charge in [0.1, 0.15) is 17.1 Å². The zero-order valence-corrected chi connectivity index (χ0v) is 20.3. The standard InChI is InChI=1S/C28H34N4O2/c1-20(2)18-30-28(33)25-19-29-26(23-9-11-24(34-3)12-10-23)31-27(25)32-15-13-22(14-16-32)17-21-7-5-4-6-8-21/h4-12,19-20,22H,13-18H2,1-3H3,(H,30,33). The van der Waals surface area contributed by atoms with Crippen molar-refractivity contribution >= 4 is 11.7 Å². The van der Waals surface area contributed by atoms with Crippen LogP contribution in [-0.4, -0.2) is 42.6 Å². The van der Waals surface area contributed by atoms with Crippen LogP contribution in [0.5, 0.6) is 5.75 Å². The third kappa shape index (κ3) is 5.93. The second-order valence-corrected chi connectivity index (χ2v) is 9.38. The van der Waals surface area contributed by atoms with Crippen molar-refractivity contribution in [1.29, 1.82) is 0 Å². The smallest absolute Gasteiger partial charge is 0.256 e. The predicted octanol–water partition coefficient (Wildman–Crippen LogP) is 5.00. The summed E-state index contributed by atoms with van der Waals surface area (Å²) in [5.74, 6) is 3.02. The van der Waals surface area contributed by atoms with Gasteiger partial charge >= 0.3 is 0 Å². The molecule has 0 bridgehead atoms. The van der Waals surface area contributed by atoms with Crippen molar-refractivity contribution in [3.8, 4) is 17.1 Å². The van der Waals surface area contributed by atoms with Crippen molar-refractivity contribution in [2.24, 2.45) is 11.8 Å². The minimum Gasteiger partial charge on any atom is -0.497 e. The van der Waals surface area contributed by atoms with Crippen LogP contribution in [0.3, 0.4) is 0 Å². The second-order valence-electron chi connectivity index (χ2n) is 9.38. The molecule has 0 saturated carbocycles. The van der Waals surface area contributed by atoms with E-state index in [0.717, 1.165) is 49.5 Å². The summed E-state index contributed by atoms with van der Waals surface area (Å²) in [6, 6.07) is 18.4. The number of nitrogens with zero attached hydrogens (tertiary/aromatic N) is 3. The number of piperidine rings is 1. The molecule has 1 aromatic heterocycles. The molecule has 3 aromatic rings. The lowest BCUT2D eigenvalue weighted by Gasteiger charge is -2.34. The fourth-order valence-corrected chi connectivity index (χ4v) is 4.34. The SMILES string of the molecule is COc1ccc(-c2ncc(C(=O)NCC(C)C)c(N3CCC(Cc4ccccc4)CC3)n2)cc1. The minimum atomic E-state index is -0.114. The summed E-state index contributed by atoms with van der Waals surface area (Å²) in [5, 5.41) is 3.03. The molecule has 1 N–H and O–H groups in total. The van der Waals surface area contributed by atoms with Crippen molar-refractivity contribution in [3.63, 3.8) is 0 Å². The van der Waals surface area contributed by atoms with Crippen LogP contribution in [0.1, 0.15) is 42.6 Å². The van der Waals surface area contributed by atoms with E-state index in [4.69, 9.17) is 9.72 Å². The van der Waals surface area contributed by atoms with E-state index in [-0.39, 0.29) is 5.91 Å². The number of benzene rings is 2. The molecule has 0 unspecified atom stereocenters. The number of hydrogen-bond acceptors (Lipinski definition) is 5. The number of methoxy groups -OCH3 is 1. The molecule has 0 spiro atoms. The van der Waals surface area contributed by atoms with E-state index < -0.39 is 0 Å². The Morgan fingerprint density at radius 1 is 1.09 bits per heavy atom. The highest BCUT2D eigenvalue weighted by atomic mass is 16.5. The monoisotopic (exact) mass is 458 g/mol. The maximum Gasteiger partial charge on any atom is 0.256 e. The zero-order valence-electron chi connectivity index (χ0n) is 20.3. The quantitative estimate of drug-likeness (QED) is 0.515. The minimum absolute atomic E-state index is 0.114. The summed E-state index contributed by atoms with van der Waals surface area (Å²) >= 11 is 0. The van der Waals surface area contributed by atoms with Gasteiger partial charge in [-0.15, -0.1) is 0 Å². The summed E-state index contributed by atoms with van der Waals surface area (Å²) in [7, 11) is 1.65. The van der Waals surface area contributed by atoms with Crippen molar-refractivity contribution < 1.29 is 9.53 Å². The number of carbonyl (C=O) groups is 1. The van der Waals surface area contributed by atoms with Gasteiger partial charge < -0.3 is 15.0 Å². The van der Waals surface area contributed by atoms with Crippen molar-refractivity contribution in [3.05, 3.63) is 71.9 Å². The Labute approximate surface area is 202 Å². The van der Waals surface area contributed by atoms with Gasteiger partial charge in [-0.25, -0.2) is 9.97 Å². The molecular weight excluding hydrogens is 424 g/mol. The maximum absolute atomic E-state index is 13.0. The van der Waals surface area contributed by atoms with Gasteiger partial charge in [0.05, 0.1) is 7.11 Å². The Kier molecular flexibility index (Phi) is 7.78. The molecule has 0 aliphatic carbocycles. The normalized spacial score (nSPS) is 14.3. The van der Waals surface area contributed by atoms with Crippen LogP contribution in [0.25, 0.3) is 11.4 Å². The Balaban J connectivity index is 1.55. The molecule has 6 nitrogen and oxygen atoms in total. The zero-order chi connectivity index (χ0) is 23.9. The summed E-state index contributed by atoms with van der Waals surface area (Å²) in [6.07, 6.45) is 4.92. The number of ether oxygens (including phenoxy) is 1. The lowest BCUT2D eigenvalue weighted by Crippen LogP contribution is -2.37. The van der Waals surface area contributed by atoms with Crippen molar-refractivity contribution in [2.45, 2.75) is 33.1 Å². The highest BCUT2D eigenvalue weighted by Gasteiger charge is 2.25. The lowest BCUT2D eigenvalue weighted by molar-refractivity contribution is 0.0948. The van der Waals surface area contributed by atoms with Gasteiger partial charge in [0.2, 0.25) is 0 Å². The lowest BCUT2D eigenvalue weighted by atomic mass is 9.90. The van der Waals surface area contributed by atoms with Crippen molar-refractivity contribution in [2.75, 3.05) is 31.6 Å². The predicted molar refractivity (Wildman–Crippen MR) is 136 cm³/mol. The van der Waals surface area contributed by atoms with E-state index in [1.54, 1.807) is 13.3 Å². The van der Waals surface area contributed by atoms with Crippen LogP contribution in [0.4, 0.5) is 5.82 Å². The van der Waals surface area contributed by atoms with E-state index in [0.29, 0.717) is 29.8 Å². The van der Waals surface area contributed by atoms with Gasteiger partial charge in [-0.3, -0.25) is 4.79 Å². The van der Waals surface area contributed by atoms with E-state index in [1.165, 1.54) is 5.56 Å². The molecule has 0 atom stereocenters. The van der Waals surface area contributed by atoms with Crippen molar-refractivity contribution in [1.82, 2.24) is 15.3 Å². The summed E-state index contributed by atoms with van der Waals surface area (Å²) in [6.45, 7) is 6.55. The molecular formula is C28H34N4O2.